The number of furan rings is 1. The van der Waals surface area contributed by atoms with Gasteiger partial charge in [-0.25, -0.2) is 0 Å². The van der Waals surface area contributed by atoms with Crippen LogP contribution in [-0.4, -0.2) is 0 Å². The van der Waals surface area contributed by atoms with E-state index in [0.717, 1.165) is 55.7 Å². The Morgan fingerprint density at radius 2 is 0.767 bits per heavy atom. The molecule has 2 heteroatoms. The van der Waals surface area contributed by atoms with E-state index < -0.39 is 0 Å². The van der Waals surface area contributed by atoms with Crippen molar-refractivity contribution < 1.29 is 4.42 Å². The lowest BCUT2D eigenvalue weighted by Gasteiger charge is -2.30. The van der Waals surface area contributed by atoms with Crippen LogP contribution in [0.1, 0.15) is 0 Å². The maximum atomic E-state index is 6.52. The monoisotopic (exact) mass is 763 g/mol. The van der Waals surface area contributed by atoms with Gasteiger partial charge >= 0.3 is 0 Å². The average Bonchev–Trinajstić information content (AvgIpc) is 3.71. The van der Waals surface area contributed by atoms with Gasteiger partial charge in [-0.1, -0.05) is 188 Å². The third-order valence-corrected chi connectivity index (χ3v) is 12.3. The highest BCUT2D eigenvalue weighted by Crippen LogP contribution is 2.49. The second kappa shape index (κ2) is 13.9. The first-order valence-corrected chi connectivity index (χ1v) is 20.6. The number of hydrogen-bond acceptors (Lipinski definition) is 2. The topological polar surface area (TPSA) is 16.4 Å². The maximum absolute atomic E-state index is 6.52. The van der Waals surface area contributed by atoms with Gasteiger partial charge in [0.25, 0.3) is 0 Å². The van der Waals surface area contributed by atoms with Crippen LogP contribution in [0.2, 0.25) is 0 Å². The summed E-state index contributed by atoms with van der Waals surface area (Å²) in [5, 5.41) is 12.2. The lowest BCUT2D eigenvalue weighted by atomic mass is 9.92. The quantitative estimate of drug-likeness (QED) is 0.157. The van der Waals surface area contributed by atoms with Crippen molar-refractivity contribution in [3.05, 3.63) is 224 Å². The molecule has 0 spiro atoms. The van der Waals surface area contributed by atoms with E-state index in [1.165, 1.54) is 59.8 Å². The molecule has 0 N–H and O–H groups in total. The standard InChI is InChI=1S/C58H37NO/c1-3-15-44-39(13-1)31-32-43-37-42(34-35-46(43)44)38-27-29-41(30-28-38)47-17-5-8-22-53(47)59(55-24-12-26-57-58(55)52-19-7-10-25-56(52)60-57)54-23-9-6-18-51(54)49-21-11-20-48-45-16-4-2-14-40(45)33-36-50(48)49/h1-37H. The van der Waals surface area contributed by atoms with E-state index in [4.69, 9.17) is 4.42 Å². The highest BCUT2D eigenvalue weighted by Gasteiger charge is 2.24. The number of fused-ring (bicyclic) bond motifs is 9. The summed E-state index contributed by atoms with van der Waals surface area (Å²) in [6.07, 6.45) is 0. The molecule has 0 aliphatic rings. The lowest BCUT2D eigenvalue weighted by molar-refractivity contribution is 0.669. The van der Waals surface area contributed by atoms with Gasteiger partial charge in [0.15, 0.2) is 0 Å². The number of nitrogens with zero attached hydrogens (tertiary/aromatic N) is 1. The summed E-state index contributed by atoms with van der Waals surface area (Å²) in [6.45, 7) is 0. The van der Waals surface area contributed by atoms with E-state index >= 15 is 0 Å². The van der Waals surface area contributed by atoms with E-state index in [1.807, 2.05) is 6.07 Å². The van der Waals surface area contributed by atoms with Crippen molar-refractivity contribution in [1.82, 2.24) is 0 Å². The van der Waals surface area contributed by atoms with Crippen LogP contribution in [0.15, 0.2) is 229 Å². The molecule has 1 heterocycles. The Kier molecular flexibility index (Phi) is 7.89. The molecule has 11 aromatic carbocycles. The first kappa shape index (κ1) is 34.1. The van der Waals surface area contributed by atoms with Crippen molar-refractivity contribution in [1.29, 1.82) is 0 Å². The molecular weight excluding hydrogens is 727 g/mol. The Balaban J connectivity index is 1.05. The molecule has 0 aliphatic carbocycles. The van der Waals surface area contributed by atoms with Gasteiger partial charge in [-0.3, -0.25) is 0 Å². The first-order chi connectivity index (χ1) is 29.8. The smallest absolute Gasteiger partial charge is 0.137 e. The number of hydrogen-bond donors (Lipinski definition) is 0. The molecular formula is C58H37NO. The molecule has 280 valence electrons. The van der Waals surface area contributed by atoms with Crippen LogP contribution in [0, 0.1) is 0 Å². The SMILES string of the molecule is c1ccc(N(c2ccccc2-c2cccc3c2ccc2ccccc23)c2cccc3oc4ccccc4c23)c(-c2ccc(-c3ccc4c(ccc5ccccc54)c3)cc2)c1. The van der Waals surface area contributed by atoms with Gasteiger partial charge < -0.3 is 9.32 Å². The number of anilines is 3. The molecule has 0 unspecified atom stereocenters. The molecule has 0 saturated heterocycles. The van der Waals surface area contributed by atoms with Crippen molar-refractivity contribution in [2.24, 2.45) is 0 Å². The molecule has 0 fully saturated rings. The molecule has 12 rings (SSSR count). The predicted molar refractivity (Wildman–Crippen MR) is 255 cm³/mol. The van der Waals surface area contributed by atoms with Gasteiger partial charge in [0.1, 0.15) is 11.2 Å². The van der Waals surface area contributed by atoms with Gasteiger partial charge in [0, 0.05) is 16.5 Å². The van der Waals surface area contributed by atoms with Crippen LogP contribution in [-0.2, 0) is 0 Å². The molecule has 0 saturated carbocycles. The molecule has 0 aliphatic heterocycles. The number of benzene rings is 11. The van der Waals surface area contributed by atoms with E-state index in [0.29, 0.717) is 0 Å². The molecule has 60 heavy (non-hydrogen) atoms. The van der Waals surface area contributed by atoms with Crippen LogP contribution in [0.3, 0.4) is 0 Å². The summed E-state index contributed by atoms with van der Waals surface area (Å²) in [5.74, 6) is 0. The number of rotatable bonds is 6. The molecule has 0 amide bonds. The second-order valence-electron chi connectivity index (χ2n) is 15.6. The average molecular weight is 764 g/mol. The van der Waals surface area contributed by atoms with Crippen LogP contribution < -0.4 is 4.90 Å². The lowest BCUT2D eigenvalue weighted by Crippen LogP contribution is -2.13. The van der Waals surface area contributed by atoms with Crippen molar-refractivity contribution in [2.45, 2.75) is 0 Å². The van der Waals surface area contributed by atoms with Gasteiger partial charge in [-0.2, -0.15) is 0 Å². The summed E-state index contributed by atoms with van der Waals surface area (Å²) < 4.78 is 6.52. The van der Waals surface area contributed by atoms with Crippen molar-refractivity contribution in [3.8, 4) is 33.4 Å². The predicted octanol–water partition coefficient (Wildman–Crippen LogP) is 16.7. The van der Waals surface area contributed by atoms with Crippen LogP contribution >= 0.6 is 0 Å². The number of para-hydroxylation sites is 3. The Morgan fingerprint density at radius 1 is 0.267 bits per heavy atom. The Bertz CT molecular complexity index is 3610. The fourth-order valence-corrected chi connectivity index (χ4v) is 9.45. The van der Waals surface area contributed by atoms with Crippen molar-refractivity contribution in [3.63, 3.8) is 0 Å². The molecule has 1 aromatic heterocycles. The van der Waals surface area contributed by atoms with Gasteiger partial charge in [-0.15, -0.1) is 0 Å². The zero-order chi connectivity index (χ0) is 39.6. The largest absolute Gasteiger partial charge is 0.456 e. The molecule has 0 radical (unpaired) electrons. The van der Waals surface area contributed by atoms with Gasteiger partial charge in [0.2, 0.25) is 0 Å². The van der Waals surface area contributed by atoms with Crippen molar-refractivity contribution >= 4 is 82.1 Å². The summed E-state index contributed by atoms with van der Waals surface area (Å²) in [7, 11) is 0. The summed E-state index contributed by atoms with van der Waals surface area (Å²) >= 11 is 0. The van der Waals surface area contributed by atoms with Gasteiger partial charge in [0.05, 0.1) is 22.4 Å². The molecule has 0 bridgehead atoms. The molecule has 2 nitrogen and oxygen atoms in total. The van der Waals surface area contributed by atoms with Crippen LogP contribution in [0.4, 0.5) is 17.1 Å². The van der Waals surface area contributed by atoms with E-state index in [1.54, 1.807) is 0 Å². The van der Waals surface area contributed by atoms with Gasteiger partial charge in [-0.05, 0) is 102 Å². The Hall–Kier alpha value is -7.94. The summed E-state index contributed by atoms with van der Waals surface area (Å²) in [4.78, 5) is 2.45. The fraction of sp³-hybridized carbons (Fsp3) is 0. The van der Waals surface area contributed by atoms with E-state index in [2.05, 4.69) is 223 Å². The summed E-state index contributed by atoms with van der Waals surface area (Å²) in [5.41, 5.74) is 12.0. The fourth-order valence-electron chi connectivity index (χ4n) is 9.45. The first-order valence-electron chi connectivity index (χ1n) is 20.6. The van der Waals surface area contributed by atoms with E-state index in [-0.39, 0.29) is 0 Å². The van der Waals surface area contributed by atoms with Crippen molar-refractivity contribution in [2.75, 3.05) is 4.90 Å². The molecule has 0 atom stereocenters. The minimum absolute atomic E-state index is 0.859. The van der Waals surface area contributed by atoms with E-state index in [9.17, 15) is 0 Å². The van der Waals surface area contributed by atoms with Crippen LogP contribution in [0.5, 0.6) is 0 Å². The minimum Gasteiger partial charge on any atom is -0.456 e. The maximum Gasteiger partial charge on any atom is 0.137 e. The third kappa shape index (κ3) is 5.50. The van der Waals surface area contributed by atoms with Crippen LogP contribution in [0.25, 0.3) is 98.4 Å². The Labute approximate surface area is 347 Å². The highest BCUT2D eigenvalue weighted by atomic mass is 16.3. The third-order valence-electron chi connectivity index (χ3n) is 12.3. The molecule has 12 aromatic rings. The summed E-state index contributed by atoms with van der Waals surface area (Å²) in [6, 6.07) is 81.3. The zero-order valence-corrected chi connectivity index (χ0v) is 32.7. The Morgan fingerprint density at radius 3 is 1.58 bits per heavy atom. The highest BCUT2D eigenvalue weighted by molar-refractivity contribution is 6.16. The second-order valence-corrected chi connectivity index (χ2v) is 15.6. The zero-order valence-electron chi connectivity index (χ0n) is 32.7. The minimum atomic E-state index is 0.859. The normalized spacial score (nSPS) is 11.7.